The van der Waals surface area contributed by atoms with E-state index in [2.05, 4.69) is 22.9 Å². The molecule has 1 aliphatic rings. The van der Waals surface area contributed by atoms with Gasteiger partial charge in [0.25, 0.3) is 0 Å². The third-order valence-electron chi connectivity index (χ3n) is 3.02. The first-order valence-corrected chi connectivity index (χ1v) is 6.55. The Kier molecular flexibility index (Phi) is 3.72. The molecule has 2 atom stereocenters. The number of nitrogens with zero attached hydrogens (tertiary/aromatic N) is 1. The van der Waals surface area contributed by atoms with Gasteiger partial charge in [0.05, 0.1) is 11.7 Å². The first-order valence-electron chi connectivity index (χ1n) is 5.67. The number of piperidine rings is 1. The maximum absolute atomic E-state index is 4.70. The van der Waals surface area contributed by atoms with Gasteiger partial charge in [0.2, 0.25) is 0 Å². The second kappa shape index (κ2) is 5.05. The predicted molar refractivity (Wildman–Crippen MR) is 64.2 cm³/mol. The van der Waals surface area contributed by atoms with Crippen molar-refractivity contribution in [3.8, 4) is 0 Å². The van der Waals surface area contributed by atoms with Crippen LogP contribution in [-0.4, -0.2) is 18.6 Å². The summed E-state index contributed by atoms with van der Waals surface area (Å²) >= 11 is 1.79. The molecule has 2 heterocycles. The van der Waals surface area contributed by atoms with E-state index in [-0.39, 0.29) is 0 Å². The lowest BCUT2D eigenvalue weighted by Crippen LogP contribution is -2.26. The second-order valence-electron chi connectivity index (χ2n) is 4.12. The number of rotatable bonds is 3. The van der Waals surface area contributed by atoms with Crippen molar-refractivity contribution in [1.29, 1.82) is 0 Å². The lowest BCUT2D eigenvalue weighted by molar-refractivity contribution is 0.410. The molecule has 2 rings (SSSR count). The monoisotopic (exact) mass is 225 g/mol. The standard InChI is InChI=1S/C11H19N3S/c1-8(12-2)10-7-15-11(14-10)9-5-3-4-6-13-9/h7-9,12-13H,3-6H2,1-2H3. The van der Waals surface area contributed by atoms with Crippen molar-refractivity contribution >= 4 is 11.3 Å². The van der Waals surface area contributed by atoms with Gasteiger partial charge in [-0.2, -0.15) is 0 Å². The lowest BCUT2D eigenvalue weighted by Gasteiger charge is -2.21. The van der Waals surface area contributed by atoms with E-state index in [1.54, 1.807) is 11.3 Å². The van der Waals surface area contributed by atoms with Crippen LogP contribution >= 0.6 is 11.3 Å². The molecular weight excluding hydrogens is 206 g/mol. The first-order chi connectivity index (χ1) is 7.31. The van der Waals surface area contributed by atoms with Gasteiger partial charge < -0.3 is 10.6 Å². The van der Waals surface area contributed by atoms with Gasteiger partial charge in [-0.3, -0.25) is 0 Å². The Morgan fingerprint density at radius 1 is 1.60 bits per heavy atom. The van der Waals surface area contributed by atoms with Crippen LogP contribution < -0.4 is 10.6 Å². The third-order valence-corrected chi connectivity index (χ3v) is 4.00. The minimum atomic E-state index is 0.360. The summed E-state index contributed by atoms with van der Waals surface area (Å²) in [4.78, 5) is 4.70. The fraction of sp³-hybridized carbons (Fsp3) is 0.727. The van der Waals surface area contributed by atoms with E-state index < -0.39 is 0 Å². The maximum atomic E-state index is 4.70. The Labute approximate surface area is 95.3 Å². The van der Waals surface area contributed by atoms with Crippen LogP contribution in [0.5, 0.6) is 0 Å². The Balaban J connectivity index is 2.05. The molecule has 4 heteroatoms. The molecule has 0 amide bonds. The molecule has 84 valence electrons. The normalized spacial score (nSPS) is 24.0. The molecule has 15 heavy (non-hydrogen) atoms. The minimum Gasteiger partial charge on any atom is -0.312 e. The highest BCUT2D eigenvalue weighted by molar-refractivity contribution is 7.09. The molecule has 0 saturated carbocycles. The van der Waals surface area contributed by atoms with Gasteiger partial charge in [-0.15, -0.1) is 11.3 Å². The molecule has 2 unspecified atom stereocenters. The summed E-state index contributed by atoms with van der Waals surface area (Å²) in [5.74, 6) is 0. The minimum absolute atomic E-state index is 0.360. The highest BCUT2D eigenvalue weighted by Gasteiger charge is 2.18. The van der Waals surface area contributed by atoms with Crippen LogP contribution in [0.25, 0.3) is 0 Å². The molecule has 0 radical (unpaired) electrons. The van der Waals surface area contributed by atoms with Gasteiger partial charge in [-0.05, 0) is 33.4 Å². The lowest BCUT2D eigenvalue weighted by atomic mass is 10.1. The van der Waals surface area contributed by atoms with Gasteiger partial charge >= 0.3 is 0 Å². The molecule has 0 spiro atoms. The quantitative estimate of drug-likeness (QED) is 0.828. The summed E-state index contributed by atoms with van der Waals surface area (Å²) in [5.41, 5.74) is 1.17. The fourth-order valence-electron chi connectivity index (χ4n) is 1.87. The van der Waals surface area contributed by atoms with E-state index >= 15 is 0 Å². The zero-order valence-corrected chi connectivity index (χ0v) is 10.2. The number of aromatic nitrogens is 1. The van der Waals surface area contributed by atoms with Gasteiger partial charge in [-0.1, -0.05) is 6.42 Å². The number of nitrogens with one attached hydrogen (secondary N) is 2. The van der Waals surface area contributed by atoms with Crippen LogP contribution in [0.1, 0.15) is 49.0 Å². The molecule has 1 fully saturated rings. The molecule has 1 aliphatic heterocycles. The van der Waals surface area contributed by atoms with E-state index in [0.717, 1.165) is 6.54 Å². The van der Waals surface area contributed by atoms with Crippen molar-refractivity contribution < 1.29 is 0 Å². The van der Waals surface area contributed by atoms with E-state index in [9.17, 15) is 0 Å². The van der Waals surface area contributed by atoms with Crippen LogP contribution in [0.3, 0.4) is 0 Å². The van der Waals surface area contributed by atoms with Crippen LogP contribution in [-0.2, 0) is 0 Å². The van der Waals surface area contributed by atoms with Crippen LogP contribution in [0, 0.1) is 0 Å². The van der Waals surface area contributed by atoms with E-state index in [1.165, 1.54) is 30.0 Å². The van der Waals surface area contributed by atoms with Crippen molar-refractivity contribution in [2.75, 3.05) is 13.6 Å². The summed E-state index contributed by atoms with van der Waals surface area (Å²) in [6.07, 6.45) is 3.87. The van der Waals surface area contributed by atoms with Gasteiger partial charge in [-0.25, -0.2) is 4.98 Å². The average Bonchev–Trinajstić information content (AvgIpc) is 2.78. The molecule has 1 saturated heterocycles. The first kappa shape index (κ1) is 11.0. The molecular formula is C11H19N3S. The van der Waals surface area contributed by atoms with Crippen LogP contribution in [0.2, 0.25) is 0 Å². The summed E-state index contributed by atoms with van der Waals surface area (Å²) < 4.78 is 0. The summed E-state index contributed by atoms with van der Waals surface area (Å²) in [6.45, 7) is 3.29. The Bertz CT molecular complexity index is 305. The van der Waals surface area contributed by atoms with Crippen molar-refractivity contribution in [3.05, 3.63) is 16.1 Å². The van der Waals surface area contributed by atoms with Crippen molar-refractivity contribution in [2.45, 2.75) is 38.3 Å². The smallest absolute Gasteiger partial charge is 0.110 e. The summed E-state index contributed by atoms with van der Waals surface area (Å²) in [7, 11) is 1.97. The number of hydrogen-bond acceptors (Lipinski definition) is 4. The number of thiazole rings is 1. The van der Waals surface area contributed by atoms with Gasteiger partial charge in [0, 0.05) is 11.4 Å². The topological polar surface area (TPSA) is 37.0 Å². The third kappa shape index (κ3) is 2.56. The molecule has 0 aliphatic carbocycles. The fourth-order valence-corrected chi connectivity index (χ4v) is 2.89. The zero-order chi connectivity index (χ0) is 10.7. The van der Waals surface area contributed by atoms with Crippen LogP contribution in [0.15, 0.2) is 5.38 Å². The largest absolute Gasteiger partial charge is 0.312 e. The molecule has 0 aromatic carbocycles. The maximum Gasteiger partial charge on any atom is 0.110 e. The van der Waals surface area contributed by atoms with E-state index in [4.69, 9.17) is 4.98 Å². The predicted octanol–water partition coefficient (Wildman–Crippen LogP) is 2.24. The van der Waals surface area contributed by atoms with E-state index in [1.807, 2.05) is 7.05 Å². The van der Waals surface area contributed by atoms with Gasteiger partial charge in [0.1, 0.15) is 5.01 Å². The Morgan fingerprint density at radius 2 is 2.47 bits per heavy atom. The van der Waals surface area contributed by atoms with Gasteiger partial charge in [0.15, 0.2) is 0 Å². The summed E-state index contributed by atoms with van der Waals surface area (Å²) in [5, 5.41) is 10.2. The number of hydrogen-bond donors (Lipinski definition) is 2. The van der Waals surface area contributed by atoms with Crippen LogP contribution in [0.4, 0.5) is 0 Å². The second-order valence-corrected chi connectivity index (χ2v) is 5.01. The van der Waals surface area contributed by atoms with E-state index in [0.29, 0.717) is 12.1 Å². The Morgan fingerprint density at radius 3 is 3.13 bits per heavy atom. The average molecular weight is 225 g/mol. The molecule has 1 aromatic rings. The Hall–Kier alpha value is -0.450. The molecule has 2 N–H and O–H groups in total. The highest BCUT2D eigenvalue weighted by Crippen LogP contribution is 2.27. The summed E-state index contributed by atoms with van der Waals surface area (Å²) in [6, 6.07) is 0.861. The van der Waals surface area contributed by atoms with Crippen molar-refractivity contribution in [3.63, 3.8) is 0 Å². The highest BCUT2D eigenvalue weighted by atomic mass is 32.1. The SMILES string of the molecule is CNC(C)c1csc(C2CCCCN2)n1. The van der Waals surface area contributed by atoms with Crippen molar-refractivity contribution in [2.24, 2.45) is 0 Å². The molecule has 1 aromatic heterocycles. The molecule has 3 nitrogen and oxygen atoms in total. The zero-order valence-electron chi connectivity index (χ0n) is 9.42. The molecule has 0 bridgehead atoms. The van der Waals surface area contributed by atoms with Crippen molar-refractivity contribution in [1.82, 2.24) is 15.6 Å².